The van der Waals surface area contributed by atoms with Crippen LogP contribution in [0.25, 0.3) is 0 Å². The summed E-state index contributed by atoms with van der Waals surface area (Å²) in [7, 11) is 0. The summed E-state index contributed by atoms with van der Waals surface area (Å²) in [6.45, 7) is 8.05. The fourth-order valence-electron chi connectivity index (χ4n) is 1.19. The van der Waals surface area contributed by atoms with Crippen LogP contribution in [0.5, 0.6) is 0 Å². The first kappa shape index (κ1) is 11.0. The van der Waals surface area contributed by atoms with Crippen LogP contribution in [0.1, 0.15) is 52.9 Å². The van der Waals surface area contributed by atoms with E-state index < -0.39 is 0 Å². The lowest BCUT2D eigenvalue weighted by molar-refractivity contribution is -0.368. The van der Waals surface area contributed by atoms with Gasteiger partial charge in [-0.3, -0.25) is 0 Å². The van der Waals surface area contributed by atoms with Crippen molar-refractivity contribution in [1.82, 2.24) is 0 Å². The number of unbranched alkanes of at least 4 members (excludes halogenated alkanes) is 3. The van der Waals surface area contributed by atoms with Crippen LogP contribution in [0.15, 0.2) is 0 Å². The zero-order valence-corrected chi connectivity index (χ0v) is 8.45. The molecule has 0 fully saturated rings. The quantitative estimate of drug-likeness (QED) is 0.594. The maximum atomic E-state index is 3.83. The average Bonchev–Trinajstić information content (AvgIpc) is 1.85. The smallest absolute Gasteiger partial charge is 0.0739 e. The SMILES string of the molecule is CC(C)(C)CCCCCC[NH3+]. The summed E-state index contributed by atoms with van der Waals surface area (Å²) in [4.78, 5) is 0. The summed E-state index contributed by atoms with van der Waals surface area (Å²) in [6.07, 6.45) is 6.84. The van der Waals surface area contributed by atoms with E-state index in [1.165, 1.54) is 32.1 Å². The molecule has 0 unspecified atom stereocenters. The van der Waals surface area contributed by atoms with Gasteiger partial charge in [0.25, 0.3) is 0 Å². The monoisotopic (exact) mass is 158 g/mol. The van der Waals surface area contributed by atoms with Gasteiger partial charge < -0.3 is 5.73 Å². The van der Waals surface area contributed by atoms with Gasteiger partial charge in [0.05, 0.1) is 6.54 Å². The lowest BCUT2D eigenvalue weighted by Gasteiger charge is -2.17. The minimum absolute atomic E-state index is 0.532. The Morgan fingerprint density at radius 2 is 1.45 bits per heavy atom. The molecule has 68 valence electrons. The highest BCUT2D eigenvalue weighted by Gasteiger charge is 2.08. The zero-order chi connectivity index (χ0) is 8.74. The summed E-state index contributed by atoms with van der Waals surface area (Å²) in [6, 6.07) is 0. The van der Waals surface area contributed by atoms with E-state index in [9.17, 15) is 0 Å². The third kappa shape index (κ3) is 9.96. The Kier molecular flexibility index (Phi) is 5.57. The van der Waals surface area contributed by atoms with E-state index in [0.717, 1.165) is 6.54 Å². The lowest BCUT2D eigenvalue weighted by atomic mass is 9.89. The average molecular weight is 158 g/mol. The van der Waals surface area contributed by atoms with E-state index in [0.29, 0.717) is 5.41 Å². The lowest BCUT2D eigenvalue weighted by Crippen LogP contribution is -2.50. The third-order valence-electron chi connectivity index (χ3n) is 1.93. The van der Waals surface area contributed by atoms with Crippen molar-refractivity contribution in [3.8, 4) is 0 Å². The Labute approximate surface area is 71.4 Å². The summed E-state index contributed by atoms with van der Waals surface area (Å²) in [5.74, 6) is 0. The molecule has 0 saturated carbocycles. The molecule has 0 saturated heterocycles. The molecule has 0 rings (SSSR count). The van der Waals surface area contributed by atoms with Crippen LogP contribution < -0.4 is 5.73 Å². The Morgan fingerprint density at radius 1 is 0.909 bits per heavy atom. The molecule has 0 atom stereocenters. The summed E-state index contributed by atoms with van der Waals surface area (Å²) < 4.78 is 0. The van der Waals surface area contributed by atoms with Gasteiger partial charge in [0.2, 0.25) is 0 Å². The van der Waals surface area contributed by atoms with Gasteiger partial charge in [-0.2, -0.15) is 0 Å². The number of quaternary nitrogens is 1. The van der Waals surface area contributed by atoms with Crippen molar-refractivity contribution in [2.45, 2.75) is 52.9 Å². The predicted octanol–water partition coefficient (Wildman–Crippen LogP) is 2.22. The van der Waals surface area contributed by atoms with Gasteiger partial charge in [-0.1, -0.05) is 33.6 Å². The molecular weight excluding hydrogens is 134 g/mol. The van der Waals surface area contributed by atoms with Crippen molar-refractivity contribution < 1.29 is 5.73 Å². The van der Waals surface area contributed by atoms with Crippen molar-refractivity contribution in [2.75, 3.05) is 6.54 Å². The molecule has 0 aliphatic heterocycles. The van der Waals surface area contributed by atoms with Crippen LogP contribution in [0.3, 0.4) is 0 Å². The van der Waals surface area contributed by atoms with Crippen molar-refractivity contribution in [1.29, 1.82) is 0 Å². The molecule has 11 heavy (non-hydrogen) atoms. The van der Waals surface area contributed by atoms with E-state index in [1.807, 2.05) is 0 Å². The first-order valence-electron chi connectivity index (χ1n) is 4.85. The second-order valence-corrected chi connectivity index (χ2v) is 4.58. The fraction of sp³-hybridized carbons (Fsp3) is 1.00. The summed E-state index contributed by atoms with van der Waals surface area (Å²) in [5.41, 5.74) is 4.36. The number of hydrogen-bond acceptors (Lipinski definition) is 0. The molecule has 1 nitrogen and oxygen atoms in total. The molecule has 0 aromatic heterocycles. The van der Waals surface area contributed by atoms with Crippen LogP contribution >= 0.6 is 0 Å². The summed E-state index contributed by atoms with van der Waals surface area (Å²) >= 11 is 0. The van der Waals surface area contributed by atoms with Gasteiger partial charge in [0, 0.05) is 0 Å². The molecule has 1 heteroatoms. The molecule has 0 aliphatic carbocycles. The maximum Gasteiger partial charge on any atom is 0.0739 e. The largest absolute Gasteiger partial charge is 0.358 e. The van der Waals surface area contributed by atoms with Crippen LogP contribution in [0, 0.1) is 5.41 Å². The van der Waals surface area contributed by atoms with Gasteiger partial charge >= 0.3 is 0 Å². The van der Waals surface area contributed by atoms with Crippen LogP contribution in [-0.2, 0) is 0 Å². The standard InChI is InChI=1S/C10H23N/c1-10(2,3)8-6-4-5-7-9-11/h4-9,11H2,1-3H3/p+1. The minimum Gasteiger partial charge on any atom is -0.358 e. The van der Waals surface area contributed by atoms with Gasteiger partial charge in [-0.05, 0) is 24.7 Å². The normalized spacial score (nSPS) is 12.0. The Morgan fingerprint density at radius 3 is 1.91 bits per heavy atom. The fourth-order valence-corrected chi connectivity index (χ4v) is 1.19. The summed E-state index contributed by atoms with van der Waals surface area (Å²) in [5, 5.41) is 0. The Bertz CT molecular complexity index is 81.4. The molecule has 0 spiro atoms. The van der Waals surface area contributed by atoms with Gasteiger partial charge in [-0.25, -0.2) is 0 Å². The topological polar surface area (TPSA) is 27.6 Å². The van der Waals surface area contributed by atoms with E-state index >= 15 is 0 Å². The van der Waals surface area contributed by atoms with Crippen molar-refractivity contribution in [3.63, 3.8) is 0 Å². The van der Waals surface area contributed by atoms with Gasteiger partial charge in [0.1, 0.15) is 0 Å². The molecule has 0 bridgehead atoms. The molecule has 0 heterocycles. The highest BCUT2D eigenvalue weighted by molar-refractivity contribution is 4.60. The zero-order valence-electron chi connectivity index (χ0n) is 8.45. The molecular formula is C10H24N+. The molecule has 0 aromatic rings. The number of rotatable bonds is 5. The highest BCUT2D eigenvalue weighted by atomic mass is 14.5. The van der Waals surface area contributed by atoms with Crippen LogP contribution in [-0.4, -0.2) is 6.54 Å². The van der Waals surface area contributed by atoms with Crippen molar-refractivity contribution in [2.24, 2.45) is 5.41 Å². The van der Waals surface area contributed by atoms with Crippen molar-refractivity contribution >= 4 is 0 Å². The second kappa shape index (κ2) is 5.59. The Balaban J connectivity index is 3.02. The molecule has 3 N–H and O–H groups in total. The van der Waals surface area contributed by atoms with E-state index in [-0.39, 0.29) is 0 Å². The van der Waals surface area contributed by atoms with Gasteiger partial charge in [0.15, 0.2) is 0 Å². The van der Waals surface area contributed by atoms with Gasteiger partial charge in [-0.15, -0.1) is 0 Å². The second-order valence-electron chi connectivity index (χ2n) is 4.58. The number of hydrogen-bond donors (Lipinski definition) is 1. The van der Waals surface area contributed by atoms with E-state index in [2.05, 4.69) is 26.5 Å². The van der Waals surface area contributed by atoms with E-state index in [1.54, 1.807) is 0 Å². The minimum atomic E-state index is 0.532. The van der Waals surface area contributed by atoms with Crippen LogP contribution in [0.2, 0.25) is 0 Å². The van der Waals surface area contributed by atoms with E-state index in [4.69, 9.17) is 0 Å². The van der Waals surface area contributed by atoms with Crippen LogP contribution in [0.4, 0.5) is 0 Å². The molecule has 0 aliphatic rings. The highest BCUT2D eigenvalue weighted by Crippen LogP contribution is 2.21. The maximum absolute atomic E-state index is 3.83. The third-order valence-corrected chi connectivity index (χ3v) is 1.93. The molecule has 0 amide bonds. The Hall–Kier alpha value is -0.0400. The first-order chi connectivity index (χ1) is 5.06. The molecule has 0 radical (unpaired) electrons. The first-order valence-corrected chi connectivity index (χ1v) is 4.85. The van der Waals surface area contributed by atoms with Crippen molar-refractivity contribution in [3.05, 3.63) is 0 Å². The molecule has 0 aromatic carbocycles. The predicted molar refractivity (Wildman–Crippen MR) is 50.3 cm³/mol.